The van der Waals surface area contributed by atoms with Crippen molar-refractivity contribution in [1.82, 2.24) is 9.78 Å². The predicted molar refractivity (Wildman–Crippen MR) is 104 cm³/mol. The van der Waals surface area contributed by atoms with Crippen LogP contribution in [0.2, 0.25) is 5.02 Å². The summed E-state index contributed by atoms with van der Waals surface area (Å²) in [4.78, 5) is 12.7. The number of nitrogens with zero attached hydrogens (tertiary/aromatic N) is 2. The molecule has 4 rings (SSSR count). The highest BCUT2D eigenvalue weighted by atomic mass is 35.5. The van der Waals surface area contributed by atoms with Crippen molar-refractivity contribution in [1.29, 1.82) is 0 Å². The number of carbonyl (C=O) groups excluding carboxylic acids is 1. The molecule has 156 valence electrons. The summed E-state index contributed by atoms with van der Waals surface area (Å²) in [6, 6.07) is 10.4. The Balaban J connectivity index is 1.67. The van der Waals surface area contributed by atoms with E-state index in [2.05, 4.69) is 10.4 Å². The highest BCUT2D eigenvalue weighted by molar-refractivity contribution is 6.30. The summed E-state index contributed by atoms with van der Waals surface area (Å²) >= 11 is 5.88. The van der Waals surface area contributed by atoms with Crippen molar-refractivity contribution in [2.24, 2.45) is 0 Å². The molecule has 0 saturated carbocycles. The Kier molecular flexibility index (Phi) is 5.29. The monoisotopic (exact) mass is 437 g/mol. The number of anilines is 1. The van der Waals surface area contributed by atoms with Crippen LogP contribution in [-0.4, -0.2) is 28.9 Å². The Bertz CT molecular complexity index is 1100. The standard InChI is InChI=1S/C20H15ClF3N3O3/c21-12-3-1-4-14(9-12)27-18(20(22,23)24)15(11-25-27)19(28)26-13-5-6-16-17(10-13)30-8-2-7-29-16/h1,3-6,9-11H,2,7-8H2,(H,26,28). The molecule has 0 fully saturated rings. The van der Waals surface area contributed by atoms with Crippen LogP contribution < -0.4 is 14.8 Å². The Hall–Kier alpha value is -3.20. The van der Waals surface area contributed by atoms with Gasteiger partial charge in [-0.3, -0.25) is 4.79 Å². The van der Waals surface area contributed by atoms with Gasteiger partial charge in [0.2, 0.25) is 0 Å². The van der Waals surface area contributed by atoms with Gasteiger partial charge in [0.1, 0.15) is 0 Å². The Morgan fingerprint density at radius 1 is 1.10 bits per heavy atom. The van der Waals surface area contributed by atoms with Crippen molar-refractivity contribution in [3.05, 3.63) is 64.9 Å². The zero-order chi connectivity index (χ0) is 21.3. The van der Waals surface area contributed by atoms with E-state index < -0.39 is 23.3 Å². The Labute approximate surface area is 174 Å². The third kappa shape index (κ3) is 4.06. The van der Waals surface area contributed by atoms with E-state index in [0.29, 0.717) is 35.8 Å². The molecule has 0 bridgehead atoms. The average Bonchev–Trinajstić information content (AvgIpc) is 3.03. The number of benzene rings is 2. The SMILES string of the molecule is O=C(Nc1ccc2c(c1)OCCCO2)c1cnn(-c2cccc(Cl)c2)c1C(F)(F)F. The molecule has 0 saturated heterocycles. The van der Waals surface area contributed by atoms with Gasteiger partial charge < -0.3 is 14.8 Å². The minimum Gasteiger partial charge on any atom is -0.490 e. The van der Waals surface area contributed by atoms with Crippen LogP contribution in [0.3, 0.4) is 0 Å². The summed E-state index contributed by atoms with van der Waals surface area (Å²) in [5.74, 6) is -0.0312. The molecule has 1 aliphatic heterocycles. The largest absolute Gasteiger partial charge is 0.490 e. The fourth-order valence-electron chi connectivity index (χ4n) is 3.03. The predicted octanol–water partition coefficient (Wildman–Crippen LogP) is 4.96. The average molecular weight is 438 g/mol. The number of ether oxygens (including phenoxy) is 2. The summed E-state index contributed by atoms with van der Waals surface area (Å²) in [5.41, 5.74) is -1.46. The highest BCUT2D eigenvalue weighted by Gasteiger charge is 2.40. The molecule has 0 radical (unpaired) electrons. The quantitative estimate of drug-likeness (QED) is 0.629. The number of alkyl halides is 3. The maximum Gasteiger partial charge on any atom is 0.434 e. The number of amides is 1. The fourth-order valence-corrected chi connectivity index (χ4v) is 3.22. The zero-order valence-corrected chi connectivity index (χ0v) is 16.1. The zero-order valence-electron chi connectivity index (χ0n) is 15.4. The van der Waals surface area contributed by atoms with E-state index in [-0.39, 0.29) is 16.4 Å². The highest BCUT2D eigenvalue weighted by Crippen LogP contribution is 2.35. The molecule has 30 heavy (non-hydrogen) atoms. The molecule has 6 nitrogen and oxygen atoms in total. The molecule has 0 atom stereocenters. The molecular formula is C20H15ClF3N3O3. The molecule has 3 aromatic rings. The second kappa shape index (κ2) is 7.91. The summed E-state index contributed by atoms with van der Waals surface area (Å²) in [6.45, 7) is 0.936. The van der Waals surface area contributed by atoms with E-state index in [1.165, 1.54) is 36.4 Å². The van der Waals surface area contributed by atoms with Gasteiger partial charge in [-0.2, -0.15) is 18.3 Å². The molecule has 2 heterocycles. The van der Waals surface area contributed by atoms with Crippen LogP contribution in [-0.2, 0) is 6.18 Å². The third-order valence-corrected chi connectivity index (χ3v) is 4.58. The normalized spacial score (nSPS) is 13.6. The van der Waals surface area contributed by atoms with E-state index in [1.807, 2.05) is 0 Å². The summed E-state index contributed by atoms with van der Waals surface area (Å²) in [6.07, 6.45) is -3.24. The number of carbonyl (C=O) groups is 1. The number of rotatable bonds is 3. The first-order valence-electron chi connectivity index (χ1n) is 8.95. The van der Waals surface area contributed by atoms with Crippen LogP contribution in [0.5, 0.6) is 11.5 Å². The summed E-state index contributed by atoms with van der Waals surface area (Å²) in [5, 5.41) is 6.48. The fraction of sp³-hybridized carbons (Fsp3) is 0.200. The molecule has 1 aromatic heterocycles. The lowest BCUT2D eigenvalue weighted by Crippen LogP contribution is -2.20. The number of halogens is 4. The van der Waals surface area contributed by atoms with Crippen molar-refractivity contribution in [2.45, 2.75) is 12.6 Å². The van der Waals surface area contributed by atoms with E-state index in [9.17, 15) is 18.0 Å². The van der Waals surface area contributed by atoms with Gasteiger partial charge in [0.25, 0.3) is 5.91 Å². The van der Waals surface area contributed by atoms with Crippen molar-refractivity contribution >= 4 is 23.2 Å². The van der Waals surface area contributed by atoms with Gasteiger partial charge in [-0.25, -0.2) is 4.68 Å². The second-order valence-corrected chi connectivity index (χ2v) is 6.90. The summed E-state index contributed by atoms with van der Waals surface area (Å²) in [7, 11) is 0. The van der Waals surface area contributed by atoms with Crippen LogP contribution in [0, 0.1) is 0 Å². The number of fused-ring (bicyclic) bond motifs is 1. The van der Waals surface area contributed by atoms with Gasteiger partial charge in [-0.15, -0.1) is 0 Å². The van der Waals surface area contributed by atoms with Crippen molar-refractivity contribution in [3.63, 3.8) is 0 Å². The Morgan fingerprint density at radius 3 is 2.60 bits per heavy atom. The first-order valence-corrected chi connectivity index (χ1v) is 9.33. The van der Waals surface area contributed by atoms with Gasteiger partial charge in [-0.05, 0) is 30.3 Å². The van der Waals surface area contributed by atoms with Gasteiger partial charge in [0.15, 0.2) is 17.2 Å². The van der Waals surface area contributed by atoms with Crippen LogP contribution in [0.1, 0.15) is 22.5 Å². The number of hydrogen-bond acceptors (Lipinski definition) is 4. The third-order valence-electron chi connectivity index (χ3n) is 4.34. The summed E-state index contributed by atoms with van der Waals surface area (Å²) < 4.78 is 53.1. The lowest BCUT2D eigenvalue weighted by Gasteiger charge is -2.14. The first kappa shape index (κ1) is 20.1. The minimum absolute atomic E-state index is 0.0875. The molecule has 10 heteroatoms. The number of aromatic nitrogens is 2. The van der Waals surface area contributed by atoms with Crippen LogP contribution >= 0.6 is 11.6 Å². The molecule has 2 aromatic carbocycles. The van der Waals surface area contributed by atoms with E-state index >= 15 is 0 Å². The maximum absolute atomic E-state index is 13.8. The van der Waals surface area contributed by atoms with E-state index in [4.69, 9.17) is 21.1 Å². The molecule has 0 unspecified atom stereocenters. The second-order valence-electron chi connectivity index (χ2n) is 6.46. The van der Waals surface area contributed by atoms with Gasteiger partial charge in [0.05, 0.1) is 30.7 Å². The van der Waals surface area contributed by atoms with E-state index in [0.717, 1.165) is 6.20 Å². The van der Waals surface area contributed by atoms with Crippen molar-refractivity contribution in [2.75, 3.05) is 18.5 Å². The molecule has 0 spiro atoms. The molecular weight excluding hydrogens is 423 g/mol. The molecule has 1 N–H and O–H groups in total. The molecule has 1 amide bonds. The number of nitrogens with one attached hydrogen (secondary N) is 1. The Morgan fingerprint density at radius 2 is 1.87 bits per heavy atom. The van der Waals surface area contributed by atoms with Crippen molar-refractivity contribution < 1.29 is 27.4 Å². The smallest absolute Gasteiger partial charge is 0.434 e. The lowest BCUT2D eigenvalue weighted by atomic mass is 10.2. The van der Waals surface area contributed by atoms with E-state index in [1.54, 1.807) is 6.07 Å². The van der Waals surface area contributed by atoms with Gasteiger partial charge in [0, 0.05) is 23.2 Å². The molecule has 1 aliphatic rings. The molecule has 0 aliphatic carbocycles. The number of hydrogen-bond donors (Lipinski definition) is 1. The lowest BCUT2D eigenvalue weighted by molar-refractivity contribution is -0.143. The van der Waals surface area contributed by atoms with Crippen molar-refractivity contribution in [3.8, 4) is 17.2 Å². The van der Waals surface area contributed by atoms with Crippen LogP contribution in [0.25, 0.3) is 5.69 Å². The van der Waals surface area contributed by atoms with Gasteiger partial charge >= 0.3 is 6.18 Å². The minimum atomic E-state index is -4.82. The topological polar surface area (TPSA) is 65.4 Å². The maximum atomic E-state index is 13.8. The van der Waals surface area contributed by atoms with Crippen LogP contribution in [0.15, 0.2) is 48.7 Å². The van der Waals surface area contributed by atoms with Crippen LogP contribution in [0.4, 0.5) is 18.9 Å². The first-order chi connectivity index (χ1) is 14.3. The van der Waals surface area contributed by atoms with Gasteiger partial charge in [-0.1, -0.05) is 17.7 Å².